The van der Waals surface area contributed by atoms with E-state index in [9.17, 15) is 22.7 Å². The number of benzene rings is 2. The van der Waals surface area contributed by atoms with E-state index in [0.717, 1.165) is 12.1 Å². The van der Waals surface area contributed by atoms with Gasteiger partial charge in [0.1, 0.15) is 5.82 Å². The second kappa shape index (κ2) is 6.33. The van der Waals surface area contributed by atoms with Crippen LogP contribution in [0.25, 0.3) is 11.1 Å². The highest BCUT2D eigenvalue weighted by atomic mass is 32.2. The molecule has 7 heteroatoms. The predicted octanol–water partition coefficient (Wildman–Crippen LogP) is 3.27. The average Bonchev–Trinajstić information content (AvgIpc) is 2.45. The summed E-state index contributed by atoms with van der Waals surface area (Å²) in [6, 6.07) is 9.22. The molecule has 2 aromatic carbocycles. The van der Waals surface area contributed by atoms with Gasteiger partial charge in [-0.25, -0.2) is 22.3 Å². The predicted molar refractivity (Wildman–Crippen MR) is 88.9 cm³/mol. The molecule has 0 aromatic heterocycles. The Bertz CT molecular complexity index is 868. The molecule has 24 heavy (non-hydrogen) atoms. The zero-order valence-electron chi connectivity index (χ0n) is 13.5. The first-order valence-electron chi connectivity index (χ1n) is 7.17. The van der Waals surface area contributed by atoms with Gasteiger partial charge in [-0.05, 0) is 56.2 Å². The summed E-state index contributed by atoms with van der Waals surface area (Å²) in [5.41, 5.74) is 0.00227. The third kappa shape index (κ3) is 4.18. The first-order valence-corrected chi connectivity index (χ1v) is 8.65. The van der Waals surface area contributed by atoms with E-state index in [0.29, 0.717) is 11.1 Å². The lowest BCUT2D eigenvalue weighted by molar-refractivity contribution is 0.0697. The van der Waals surface area contributed by atoms with Gasteiger partial charge in [0.25, 0.3) is 0 Å². The normalized spacial score (nSPS) is 12.2. The number of hydrogen-bond acceptors (Lipinski definition) is 3. The number of aromatic carboxylic acids is 1. The molecule has 0 saturated carbocycles. The molecule has 0 radical (unpaired) electrons. The van der Waals surface area contributed by atoms with Crippen molar-refractivity contribution in [2.24, 2.45) is 0 Å². The Morgan fingerprint density at radius 3 is 2.17 bits per heavy atom. The van der Waals surface area contributed by atoms with Gasteiger partial charge in [0.15, 0.2) is 0 Å². The van der Waals surface area contributed by atoms with E-state index in [1.165, 1.54) is 30.3 Å². The van der Waals surface area contributed by atoms with Gasteiger partial charge in [-0.1, -0.05) is 18.2 Å². The highest BCUT2D eigenvalue weighted by Gasteiger charge is 2.22. The van der Waals surface area contributed by atoms with Gasteiger partial charge >= 0.3 is 5.97 Å². The average molecular weight is 351 g/mol. The molecule has 0 aliphatic rings. The van der Waals surface area contributed by atoms with Crippen molar-refractivity contribution in [3.05, 3.63) is 53.8 Å². The van der Waals surface area contributed by atoms with Crippen LogP contribution in [0.4, 0.5) is 4.39 Å². The third-order valence-corrected chi connectivity index (χ3v) is 4.90. The van der Waals surface area contributed by atoms with Crippen LogP contribution in [0.1, 0.15) is 31.1 Å². The molecular formula is C17H18FNO4S. The molecule has 0 heterocycles. The molecule has 0 bridgehead atoms. The molecule has 0 atom stereocenters. The zero-order chi connectivity index (χ0) is 18.1. The Morgan fingerprint density at radius 1 is 1.08 bits per heavy atom. The van der Waals surface area contributed by atoms with E-state index in [1.54, 1.807) is 20.8 Å². The van der Waals surface area contributed by atoms with E-state index < -0.39 is 27.3 Å². The lowest BCUT2D eigenvalue weighted by Gasteiger charge is -2.20. The van der Waals surface area contributed by atoms with Crippen molar-refractivity contribution in [1.29, 1.82) is 0 Å². The maximum atomic E-state index is 13.3. The highest BCUT2D eigenvalue weighted by Crippen LogP contribution is 2.26. The second-order valence-electron chi connectivity index (χ2n) is 6.37. The molecule has 0 spiro atoms. The minimum atomic E-state index is -3.68. The van der Waals surface area contributed by atoms with E-state index >= 15 is 0 Å². The van der Waals surface area contributed by atoms with Crippen LogP contribution < -0.4 is 4.72 Å². The quantitative estimate of drug-likeness (QED) is 0.885. The maximum Gasteiger partial charge on any atom is 0.336 e. The van der Waals surface area contributed by atoms with Crippen molar-refractivity contribution in [2.45, 2.75) is 31.2 Å². The van der Waals surface area contributed by atoms with E-state index in [2.05, 4.69) is 4.72 Å². The second-order valence-corrected chi connectivity index (χ2v) is 8.06. The fourth-order valence-electron chi connectivity index (χ4n) is 2.22. The van der Waals surface area contributed by atoms with Gasteiger partial charge in [-0.2, -0.15) is 0 Å². The van der Waals surface area contributed by atoms with Crippen molar-refractivity contribution in [2.75, 3.05) is 0 Å². The van der Waals surface area contributed by atoms with Gasteiger partial charge < -0.3 is 5.11 Å². The van der Waals surface area contributed by atoms with Crippen LogP contribution in [0.15, 0.2) is 47.4 Å². The van der Waals surface area contributed by atoms with E-state index in [-0.39, 0.29) is 10.5 Å². The molecule has 0 unspecified atom stereocenters. The first kappa shape index (κ1) is 18.1. The molecule has 0 aliphatic heterocycles. The molecule has 5 nitrogen and oxygen atoms in total. The Morgan fingerprint density at radius 2 is 1.67 bits per heavy atom. The van der Waals surface area contributed by atoms with Crippen molar-refractivity contribution >= 4 is 16.0 Å². The van der Waals surface area contributed by atoms with Gasteiger partial charge in [0.2, 0.25) is 10.0 Å². The number of rotatable bonds is 4. The minimum absolute atomic E-state index is 0.0696. The Kier molecular flexibility index (Phi) is 4.77. The number of sulfonamides is 1. The van der Waals surface area contributed by atoms with Gasteiger partial charge in [0.05, 0.1) is 10.5 Å². The lowest BCUT2D eigenvalue weighted by Crippen LogP contribution is -2.40. The van der Waals surface area contributed by atoms with Crippen LogP contribution in [0.2, 0.25) is 0 Å². The SMILES string of the molecule is CC(C)(C)NS(=O)(=O)c1ccc(-c2ccc(F)cc2C(=O)O)cc1. The summed E-state index contributed by atoms with van der Waals surface area (Å²) >= 11 is 0. The summed E-state index contributed by atoms with van der Waals surface area (Å²) < 4.78 is 40.3. The zero-order valence-corrected chi connectivity index (χ0v) is 14.3. The number of carboxylic acid groups (broad SMARTS) is 1. The standard InChI is InChI=1S/C17H18FNO4S/c1-17(2,3)19-24(22,23)13-7-4-11(5-8-13)14-9-6-12(18)10-15(14)16(20)21/h4-10,19H,1-3H3,(H,20,21). The van der Waals surface area contributed by atoms with E-state index in [1.807, 2.05) is 0 Å². The number of nitrogens with one attached hydrogen (secondary N) is 1. The van der Waals surface area contributed by atoms with Gasteiger partial charge in [0, 0.05) is 5.54 Å². The van der Waals surface area contributed by atoms with Crippen LogP contribution >= 0.6 is 0 Å². The molecular weight excluding hydrogens is 333 g/mol. The number of carboxylic acids is 1. The fraction of sp³-hybridized carbons (Fsp3) is 0.235. The van der Waals surface area contributed by atoms with Crippen LogP contribution in [-0.4, -0.2) is 25.0 Å². The first-order chi connectivity index (χ1) is 11.0. The summed E-state index contributed by atoms with van der Waals surface area (Å²) in [5.74, 6) is -1.90. The summed E-state index contributed by atoms with van der Waals surface area (Å²) in [6.45, 7) is 5.20. The summed E-state index contributed by atoms with van der Waals surface area (Å²) in [5, 5.41) is 9.19. The molecule has 0 aliphatic carbocycles. The van der Waals surface area contributed by atoms with E-state index in [4.69, 9.17) is 0 Å². The third-order valence-electron chi connectivity index (χ3n) is 3.13. The Balaban J connectivity index is 2.43. The molecule has 0 fully saturated rings. The van der Waals surface area contributed by atoms with Gasteiger partial charge in [-0.15, -0.1) is 0 Å². The maximum absolute atomic E-state index is 13.3. The van der Waals surface area contributed by atoms with Crippen molar-refractivity contribution in [3.63, 3.8) is 0 Å². The largest absolute Gasteiger partial charge is 0.478 e. The smallest absolute Gasteiger partial charge is 0.336 e. The topological polar surface area (TPSA) is 83.5 Å². The number of carbonyl (C=O) groups is 1. The molecule has 128 valence electrons. The molecule has 2 aromatic rings. The minimum Gasteiger partial charge on any atom is -0.478 e. The summed E-state index contributed by atoms with van der Waals surface area (Å²) in [4.78, 5) is 11.3. The Hall–Kier alpha value is -2.25. The monoisotopic (exact) mass is 351 g/mol. The molecule has 2 N–H and O–H groups in total. The molecule has 0 amide bonds. The number of halogens is 1. The van der Waals surface area contributed by atoms with Crippen molar-refractivity contribution < 1.29 is 22.7 Å². The Labute approximate surface area is 140 Å². The van der Waals surface area contributed by atoms with Gasteiger partial charge in [-0.3, -0.25) is 0 Å². The van der Waals surface area contributed by atoms with Crippen LogP contribution in [0.5, 0.6) is 0 Å². The molecule has 0 saturated heterocycles. The van der Waals surface area contributed by atoms with Crippen molar-refractivity contribution in [1.82, 2.24) is 4.72 Å². The van der Waals surface area contributed by atoms with Crippen molar-refractivity contribution in [3.8, 4) is 11.1 Å². The lowest BCUT2D eigenvalue weighted by atomic mass is 10.00. The highest BCUT2D eigenvalue weighted by molar-refractivity contribution is 7.89. The summed E-state index contributed by atoms with van der Waals surface area (Å²) in [6.07, 6.45) is 0. The van der Waals surface area contributed by atoms with Crippen LogP contribution in [0.3, 0.4) is 0 Å². The molecule has 2 rings (SSSR count). The van der Waals surface area contributed by atoms with Crippen LogP contribution in [-0.2, 0) is 10.0 Å². The van der Waals surface area contributed by atoms with Crippen LogP contribution in [0, 0.1) is 5.82 Å². The number of hydrogen-bond donors (Lipinski definition) is 2. The fourth-order valence-corrected chi connectivity index (χ4v) is 3.64. The summed E-state index contributed by atoms with van der Waals surface area (Å²) in [7, 11) is -3.68.